The van der Waals surface area contributed by atoms with Crippen molar-refractivity contribution in [3.63, 3.8) is 0 Å². The summed E-state index contributed by atoms with van der Waals surface area (Å²) < 4.78 is 7.30. The summed E-state index contributed by atoms with van der Waals surface area (Å²) in [5, 5.41) is 9.42. The Bertz CT molecular complexity index is 2520. The highest BCUT2D eigenvalue weighted by atomic mass is 35.5. The number of rotatable bonds is 11. The van der Waals surface area contributed by atoms with E-state index in [2.05, 4.69) is 46.6 Å². The number of piperidine rings is 3. The molecule has 0 bridgehead atoms. The van der Waals surface area contributed by atoms with Crippen LogP contribution in [-0.4, -0.2) is 131 Å². The predicted octanol–water partition coefficient (Wildman–Crippen LogP) is 4.26. The molecule has 5 aliphatic rings. The van der Waals surface area contributed by atoms with Gasteiger partial charge in [-0.05, 0) is 100 Å². The van der Waals surface area contributed by atoms with Crippen LogP contribution in [0, 0.1) is 0 Å². The van der Waals surface area contributed by atoms with Gasteiger partial charge in [-0.15, -0.1) is 0 Å². The number of hydrogen-bond acceptors (Lipinski definition) is 13. The van der Waals surface area contributed by atoms with Gasteiger partial charge in [-0.3, -0.25) is 39.1 Å². The monoisotopic (exact) mass is 893 g/mol. The molecule has 4 saturated heterocycles. The van der Waals surface area contributed by atoms with Crippen LogP contribution >= 0.6 is 11.6 Å². The average molecular weight is 894 g/mol. The number of likely N-dealkylation sites (N-methyl/N-ethyl adjacent to an activating group) is 1. The molecule has 9 rings (SSSR count). The Hall–Kier alpha value is -5.78. The number of fused-ring (bicyclic) bond motifs is 2. The van der Waals surface area contributed by atoms with Crippen LogP contribution in [0.15, 0.2) is 53.5 Å². The molecule has 64 heavy (non-hydrogen) atoms. The first kappa shape index (κ1) is 43.5. The molecule has 18 heteroatoms. The summed E-state index contributed by atoms with van der Waals surface area (Å²) in [6.07, 6.45) is 7.55. The second-order valence-corrected chi connectivity index (χ2v) is 18.2. The number of anilines is 4. The molecule has 5 aliphatic heterocycles. The lowest BCUT2D eigenvalue weighted by Gasteiger charge is -2.47. The number of carbonyl (C=O) groups excluding carboxylic acids is 4. The van der Waals surface area contributed by atoms with E-state index in [1.54, 1.807) is 21.7 Å². The molecule has 0 spiro atoms. The van der Waals surface area contributed by atoms with E-state index in [1.807, 2.05) is 44.2 Å². The van der Waals surface area contributed by atoms with Gasteiger partial charge in [0, 0.05) is 99.7 Å². The number of hydrogen-bond donors (Lipinski definition) is 3. The minimum absolute atomic E-state index is 0.0998. The maximum atomic E-state index is 13.3. The molecular formula is C46H56ClN11O6. The van der Waals surface area contributed by atoms with Crippen molar-refractivity contribution in [2.24, 2.45) is 0 Å². The van der Waals surface area contributed by atoms with E-state index in [4.69, 9.17) is 21.3 Å². The lowest BCUT2D eigenvalue weighted by molar-refractivity contribution is -0.137. The largest absolute Gasteiger partial charge is 0.478 e. The van der Waals surface area contributed by atoms with E-state index in [9.17, 15) is 24.0 Å². The first-order valence-corrected chi connectivity index (χ1v) is 22.9. The van der Waals surface area contributed by atoms with E-state index in [1.165, 1.54) is 7.05 Å². The zero-order valence-corrected chi connectivity index (χ0v) is 37.4. The van der Waals surface area contributed by atoms with Crippen molar-refractivity contribution in [2.75, 3.05) is 74.7 Å². The number of carbonyl (C=O) groups is 4. The summed E-state index contributed by atoms with van der Waals surface area (Å²) >= 11 is 6.65. The zero-order valence-electron chi connectivity index (χ0n) is 36.6. The van der Waals surface area contributed by atoms with Crippen LogP contribution < -0.4 is 36.0 Å². The van der Waals surface area contributed by atoms with Gasteiger partial charge >= 0.3 is 0 Å². The molecule has 4 amide bonds. The molecule has 4 fully saturated rings. The lowest BCUT2D eigenvalue weighted by atomic mass is 9.99. The molecule has 4 aromatic rings. The molecule has 17 nitrogen and oxygen atoms in total. The van der Waals surface area contributed by atoms with Crippen molar-refractivity contribution in [3.05, 3.63) is 75.2 Å². The lowest BCUT2D eigenvalue weighted by Crippen LogP contribution is -2.56. The quantitative estimate of drug-likeness (QED) is 0.182. The molecule has 0 aliphatic carbocycles. The number of aromatic nitrogens is 3. The van der Waals surface area contributed by atoms with Gasteiger partial charge in [0.05, 0.1) is 18.4 Å². The predicted molar refractivity (Wildman–Crippen MR) is 244 cm³/mol. The third kappa shape index (κ3) is 8.84. The number of benzene rings is 2. The minimum Gasteiger partial charge on any atom is -0.478 e. The summed E-state index contributed by atoms with van der Waals surface area (Å²) in [4.78, 5) is 83.7. The van der Waals surface area contributed by atoms with Crippen LogP contribution in [0.1, 0.15) is 80.8 Å². The summed E-state index contributed by atoms with van der Waals surface area (Å²) in [6.45, 7) is 10.7. The van der Waals surface area contributed by atoms with Gasteiger partial charge in [-0.1, -0.05) is 11.6 Å². The van der Waals surface area contributed by atoms with Crippen molar-refractivity contribution < 1.29 is 23.9 Å². The van der Waals surface area contributed by atoms with E-state index < -0.39 is 6.04 Å². The Labute approximate surface area is 377 Å². The van der Waals surface area contributed by atoms with Gasteiger partial charge in [-0.25, -0.2) is 4.98 Å². The highest BCUT2D eigenvalue weighted by Crippen LogP contribution is 2.34. The fraction of sp³-hybridized carbons (Fsp3) is 0.500. The van der Waals surface area contributed by atoms with Crippen molar-refractivity contribution in [3.8, 4) is 5.75 Å². The number of pyridine rings is 1. The average Bonchev–Trinajstić information content (AvgIpc) is 3.63. The molecule has 7 heterocycles. The normalized spacial score (nSPS) is 20.5. The molecule has 3 N–H and O–H groups in total. The summed E-state index contributed by atoms with van der Waals surface area (Å²) in [5.41, 5.74) is 3.87. The number of amides is 4. The molecule has 1 atom stereocenters. The van der Waals surface area contributed by atoms with Crippen LogP contribution in [0.5, 0.6) is 5.75 Å². The van der Waals surface area contributed by atoms with Crippen LogP contribution in [0.4, 0.5) is 23.1 Å². The molecule has 0 saturated carbocycles. The number of nitrogens with zero attached hydrogens (tertiary/aromatic N) is 8. The number of imide groups is 1. The van der Waals surface area contributed by atoms with Gasteiger partial charge in [0.25, 0.3) is 17.4 Å². The summed E-state index contributed by atoms with van der Waals surface area (Å²) in [5.74, 6) is 0.0768. The molecule has 1 unspecified atom stereocenters. The molecule has 2 aromatic heterocycles. The zero-order chi connectivity index (χ0) is 44.6. The van der Waals surface area contributed by atoms with E-state index in [0.29, 0.717) is 47.4 Å². The third-order valence-corrected chi connectivity index (χ3v) is 13.8. The topological polar surface area (TPSA) is 178 Å². The Morgan fingerprint density at radius 3 is 2.31 bits per heavy atom. The fourth-order valence-corrected chi connectivity index (χ4v) is 10.2. The smallest absolute Gasteiger partial charge is 0.293 e. The highest BCUT2D eigenvalue weighted by Gasteiger charge is 2.40. The van der Waals surface area contributed by atoms with Crippen molar-refractivity contribution in [1.29, 1.82) is 0 Å². The second kappa shape index (κ2) is 18.4. The van der Waals surface area contributed by atoms with Crippen molar-refractivity contribution in [2.45, 2.75) is 89.5 Å². The number of ether oxygens (including phenoxy) is 1. The van der Waals surface area contributed by atoms with Gasteiger partial charge in [-0.2, -0.15) is 4.98 Å². The second-order valence-electron chi connectivity index (χ2n) is 17.8. The maximum absolute atomic E-state index is 13.3. The Morgan fingerprint density at radius 1 is 0.906 bits per heavy atom. The van der Waals surface area contributed by atoms with E-state index >= 15 is 0 Å². The van der Waals surface area contributed by atoms with E-state index in [-0.39, 0.29) is 54.0 Å². The molecule has 338 valence electrons. The fourth-order valence-electron chi connectivity index (χ4n) is 10.1. The van der Waals surface area contributed by atoms with Crippen molar-refractivity contribution >= 4 is 69.3 Å². The van der Waals surface area contributed by atoms with Crippen LogP contribution in [0.25, 0.3) is 10.9 Å². The maximum Gasteiger partial charge on any atom is 0.293 e. The van der Waals surface area contributed by atoms with Gasteiger partial charge in [0.2, 0.25) is 17.8 Å². The van der Waals surface area contributed by atoms with Crippen LogP contribution in [-0.2, 0) is 20.9 Å². The minimum atomic E-state index is -0.609. The molecular weight excluding hydrogens is 838 g/mol. The first-order chi connectivity index (χ1) is 30.9. The molecule has 0 radical (unpaired) electrons. The van der Waals surface area contributed by atoms with Gasteiger partial charge in [0.15, 0.2) is 18.2 Å². The summed E-state index contributed by atoms with van der Waals surface area (Å²) in [7, 11) is 1.52. The standard InChI is InChI=1S/C46H56ClN11O6/c1-28(2)58-37-8-5-31(21-29(37)23-39(45(58)63)64-26-41(60)48-3)50-42-36(47)24-49-46(52-42)54-19-13-33(14-20-54)56-16-4-15-55(27-56)32-11-17-53(18-12-32)34-6-7-35-30(22-34)25-57(44(35)62)38-9-10-40(59)51-43(38)61/h5-8,21-24,28,32-33,38H,4,9-20,25-27H2,1-3H3,(H,48,60)(H,49,50,52)(H,51,59,61). The first-order valence-electron chi connectivity index (χ1n) is 22.5. The summed E-state index contributed by atoms with van der Waals surface area (Å²) in [6, 6.07) is 13.6. The Morgan fingerprint density at radius 2 is 1.62 bits per heavy atom. The van der Waals surface area contributed by atoms with Crippen molar-refractivity contribution in [1.82, 2.24) is 39.9 Å². The van der Waals surface area contributed by atoms with Crippen LogP contribution in [0.3, 0.4) is 0 Å². The van der Waals surface area contributed by atoms with E-state index in [0.717, 1.165) is 106 Å². The molecule has 2 aromatic carbocycles. The van der Waals surface area contributed by atoms with Gasteiger partial charge < -0.3 is 34.6 Å². The Kier molecular flexibility index (Phi) is 12.5. The number of halogens is 1. The Balaban J connectivity index is 0.783. The van der Waals surface area contributed by atoms with Gasteiger partial charge in [0.1, 0.15) is 11.1 Å². The number of nitrogens with one attached hydrogen (secondary N) is 3. The van der Waals surface area contributed by atoms with Crippen LogP contribution in [0.2, 0.25) is 5.02 Å². The SMILES string of the molecule is CNC(=O)COc1cc2cc(Nc3nc(N4CCC(N5CCCN(C6CCN(c7ccc8c(c7)CN(C7CCC(=O)NC7=O)C8=O)CC6)C5)CC4)ncc3Cl)ccc2n(C(C)C)c1=O. The highest BCUT2D eigenvalue weighted by molar-refractivity contribution is 6.33. The third-order valence-electron chi connectivity index (χ3n) is 13.5.